The summed E-state index contributed by atoms with van der Waals surface area (Å²) in [4.78, 5) is 0.115. The molecule has 0 amide bonds. The Morgan fingerprint density at radius 1 is 1.00 bits per heavy atom. The maximum Gasteiger partial charge on any atom is 0.339 e. The van der Waals surface area contributed by atoms with Gasteiger partial charge < -0.3 is 8.75 Å². The largest absolute Gasteiger partial charge is 0.379 e. The van der Waals surface area contributed by atoms with Crippen LogP contribution in [-0.4, -0.2) is 13.0 Å². The van der Waals surface area contributed by atoms with Crippen LogP contribution in [0.3, 0.4) is 0 Å². The fraction of sp³-hybridized carbons (Fsp3) is 0.0800. The highest BCUT2D eigenvalue weighted by Gasteiger charge is 2.19. The standard InChI is InChI=1S/C25H19BrN2O3S/c1-18-8-12-23(13-9-18)32(29,30)31-25-7-3-2-5-19(25)15-21-6-4-14-28(21)22-11-10-20(17-27)24(26)16-22/h2-14,16H,15H2,1H3. The van der Waals surface area contributed by atoms with Crippen molar-refractivity contribution in [2.24, 2.45) is 0 Å². The first-order valence-corrected chi connectivity index (χ1v) is 12.0. The van der Waals surface area contributed by atoms with Crippen LogP contribution in [-0.2, 0) is 16.5 Å². The third kappa shape index (κ3) is 4.62. The fourth-order valence-corrected chi connectivity index (χ4v) is 4.77. The molecule has 4 rings (SSSR count). The molecule has 3 aromatic carbocycles. The van der Waals surface area contributed by atoms with Crippen LogP contribution >= 0.6 is 15.9 Å². The molecule has 0 N–H and O–H groups in total. The zero-order chi connectivity index (χ0) is 22.7. The monoisotopic (exact) mass is 506 g/mol. The molecule has 0 radical (unpaired) electrons. The third-order valence-electron chi connectivity index (χ3n) is 5.04. The van der Waals surface area contributed by atoms with Crippen molar-refractivity contribution in [3.8, 4) is 17.5 Å². The zero-order valence-electron chi connectivity index (χ0n) is 17.2. The molecule has 5 nitrogen and oxygen atoms in total. The van der Waals surface area contributed by atoms with Crippen molar-refractivity contribution in [1.82, 2.24) is 4.57 Å². The number of hydrogen-bond donors (Lipinski definition) is 0. The van der Waals surface area contributed by atoms with Crippen molar-refractivity contribution in [3.05, 3.63) is 112 Å². The van der Waals surface area contributed by atoms with Gasteiger partial charge in [0.1, 0.15) is 16.7 Å². The van der Waals surface area contributed by atoms with Gasteiger partial charge in [-0.25, -0.2) is 0 Å². The number of para-hydroxylation sites is 1. The van der Waals surface area contributed by atoms with Crippen molar-refractivity contribution in [2.75, 3.05) is 0 Å². The van der Waals surface area contributed by atoms with Gasteiger partial charge in [0, 0.05) is 34.0 Å². The van der Waals surface area contributed by atoms with E-state index in [2.05, 4.69) is 22.0 Å². The van der Waals surface area contributed by atoms with E-state index in [4.69, 9.17) is 9.44 Å². The number of aromatic nitrogens is 1. The molecule has 0 aliphatic heterocycles. The highest BCUT2D eigenvalue weighted by molar-refractivity contribution is 9.10. The molecular weight excluding hydrogens is 488 g/mol. The van der Waals surface area contributed by atoms with E-state index >= 15 is 0 Å². The summed E-state index contributed by atoms with van der Waals surface area (Å²) in [5, 5.41) is 9.16. The minimum Gasteiger partial charge on any atom is -0.379 e. The second kappa shape index (κ2) is 9.03. The Labute approximate surface area is 195 Å². The first kappa shape index (κ1) is 21.9. The predicted molar refractivity (Wildman–Crippen MR) is 126 cm³/mol. The van der Waals surface area contributed by atoms with Gasteiger partial charge in [0.25, 0.3) is 0 Å². The van der Waals surface area contributed by atoms with Crippen molar-refractivity contribution in [2.45, 2.75) is 18.2 Å². The Morgan fingerprint density at radius 3 is 2.47 bits per heavy atom. The normalized spacial score (nSPS) is 11.2. The van der Waals surface area contributed by atoms with Crippen LogP contribution in [0, 0.1) is 18.3 Å². The zero-order valence-corrected chi connectivity index (χ0v) is 19.6. The number of nitriles is 1. The topological polar surface area (TPSA) is 72.1 Å². The lowest BCUT2D eigenvalue weighted by Crippen LogP contribution is -2.11. The van der Waals surface area contributed by atoms with Crippen LogP contribution in [0.1, 0.15) is 22.4 Å². The third-order valence-corrected chi connectivity index (χ3v) is 6.94. The number of halogens is 1. The average molecular weight is 507 g/mol. The van der Waals surface area contributed by atoms with Crippen molar-refractivity contribution in [3.63, 3.8) is 0 Å². The molecule has 0 atom stereocenters. The number of benzene rings is 3. The smallest absolute Gasteiger partial charge is 0.339 e. The summed E-state index contributed by atoms with van der Waals surface area (Å²) in [6.45, 7) is 1.90. The molecular formula is C25H19BrN2O3S. The SMILES string of the molecule is Cc1ccc(S(=O)(=O)Oc2ccccc2Cc2cccn2-c2ccc(C#N)c(Br)c2)cc1. The van der Waals surface area contributed by atoms with Gasteiger partial charge in [-0.05, 0) is 71.4 Å². The van der Waals surface area contributed by atoms with E-state index in [1.807, 2.05) is 54.1 Å². The molecule has 4 aromatic rings. The summed E-state index contributed by atoms with van der Waals surface area (Å²) < 4.78 is 33.8. The van der Waals surface area contributed by atoms with Crippen molar-refractivity contribution in [1.29, 1.82) is 5.26 Å². The number of rotatable bonds is 6. The summed E-state index contributed by atoms with van der Waals surface area (Å²) in [7, 11) is -3.95. The number of nitrogens with zero attached hydrogens (tertiary/aromatic N) is 2. The van der Waals surface area contributed by atoms with E-state index in [9.17, 15) is 8.42 Å². The first-order chi connectivity index (χ1) is 15.4. The van der Waals surface area contributed by atoms with Crippen LogP contribution in [0.2, 0.25) is 0 Å². The minimum atomic E-state index is -3.95. The molecule has 0 saturated heterocycles. The summed E-state index contributed by atoms with van der Waals surface area (Å²) >= 11 is 3.43. The van der Waals surface area contributed by atoms with Gasteiger partial charge >= 0.3 is 10.1 Å². The van der Waals surface area contributed by atoms with Gasteiger partial charge in [-0.15, -0.1) is 0 Å². The van der Waals surface area contributed by atoms with E-state index in [0.717, 1.165) is 22.5 Å². The minimum absolute atomic E-state index is 0.115. The van der Waals surface area contributed by atoms with Gasteiger partial charge in [0.15, 0.2) is 0 Å². The van der Waals surface area contributed by atoms with Crippen molar-refractivity contribution < 1.29 is 12.6 Å². The number of aryl methyl sites for hydroxylation is 1. The lowest BCUT2D eigenvalue weighted by molar-refractivity contribution is 0.483. The first-order valence-electron chi connectivity index (χ1n) is 9.83. The molecule has 0 aliphatic rings. The maximum absolute atomic E-state index is 12.8. The summed E-state index contributed by atoms with van der Waals surface area (Å²) in [5.41, 5.74) is 4.12. The van der Waals surface area contributed by atoms with Crippen LogP contribution in [0.25, 0.3) is 5.69 Å². The van der Waals surface area contributed by atoms with E-state index in [0.29, 0.717) is 22.2 Å². The molecule has 0 saturated carbocycles. The van der Waals surface area contributed by atoms with Gasteiger partial charge in [-0.1, -0.05) is 35.9 Å². The van der Waals surface area contributed by atoms with E-state index in [-0.39, 0.29) is 4.90 Å². The van der Waals surface area contributed by atoms with Crippen molar-refractivity contribution >= 4 is 26.0 Å². The molecule has 0 spiro atoms. The van der Waals surface area contributed by atoms with Crippen LogP contribution in [0.15, 0.2) is 94.4 Å². The quantitative estimate of drug-likeness (QED) is 0.310. The fourth-order valence-electron chi connectivity index (χ4n) is 3.35. The molecule has 1 aromatic heterocycles. The van der Waals surface area contributed by atoms with Crippen LogP contribution in [0.4, 0.5) is 0 Å². The van der Waals surface area contributed by atoms with Gasteiger partial charge in [0.2, 0.25) is 0 Å². The lowest BCUT2D eigenvalue weighted by Gasteiger charge is -2.14. The Bertz CT molecular complexity index is 1420. The molecule has 0 aliphatic carbocycles. The van der Waals surface area contributed by atoms with E-state index in [1.54, 1.807) is 42.5 Å². The van der Waals surface area contributed by atoms with Crippen LogP contribution in [0.5, 0.6) is 5.75 Å². The highest BCUT2D eigenvalue weighted by atomic mass is 79.9. The molecule has 0 unspecified atom stereocenters. The average Bonchev–Trinajstić information content (AvgIpc) is 3.23. The summed E-state index contributed by atoms with van der Waals surface area (Å²) in [6, 6.07) is 25.2. The molecule has 32 heavy (non-hydrogen) atoms. The lowest BCUT2D eigenvalue weighted by atomic mass is 10.1. The van der Waals surface area contributed by atoms with E-state index < -0.39 is 10.1 Å². The van der Waals surface area contributed by atoms with Gasteiger partial charge in [0.05, 0.1) is 5.56 Å². The molecule has 1 heterocycles. The highest BCUT2D eigenvalue weighted by Crippen LogP contribution is 2.27. The molecule has 0 fully saturated rings. The Kier molecular flexibility index (Phi) is 6.17. The predicted octanol–water partition coefficient (Wildman–Crippen LogP) is 5.78. The van der Waals surface area contributed by atoms with Crippen LogP contribution < -0.4 is 4.18 Å². The number of hydrogen-bond acceptors (Lipinski definition) is 4. The van der Waals surface area contributed by atoms with E-state index in [1.165, 1.54) is 0 Å². The Balaban J connectivity index is 1.64. The Morgan fingerprint density at radius 2 is 1.75 bits per heavy atom. The summed E-state index contributed by atoms with van der Waals surface area (Å²) in [5.74, 6) is 0.293. The second-order valence-corrected chi connectivity index (χ2v) is 9.68. The summed E-state index contributed by atoms with van der Waals surface area (Å²) in [6.07, 6.45) is 2.39. The Hall–Kier alpha value is -3.34. The van der Waals surface area contributed by atoms with Gasteiger partial charge in [-0.2, -0.15) is 13.7 Å². The molecule has 7 heteroatoms. The maximum atomic E-state index is 12.8. The second-order valence-electron chi connectivity index (χ2n) is 7.28. The van der Waals surface area contributed by atoms with Gasteiger partial charge in [-0.3, -0.25) is 0 Å². The molecule has 0 bridgehead atoms. The molecule has 160 valence electrons.